The average molecular weight is 372 g/mol. The van der Waals surface area contributed by atoms with Gasteiger partial charge in [-0.05, 0) is 23.8 Å². The van der Waals surface area contributed by atoms with Gasteiger partial charge >= 0.3 is 0 Å². The number of anilines is 1. The van der Waals surface area contributed by atoms with Crippen LogP contribution in [0.15, 0.2) is 42.5 Å². The van der Waals surface area contributed by atoms with Crippen molar-refractivity contribution in [2.24, 2.45) is 0 Å². The molecule has 0 heterocycles. The van der Waals surface area contributed by atoms with Gasteiger partial charge in [0.2, 0.25) is 5.91 Å². The van der Waals surface area contributed by atoms with E-state index in [1.807, 2.05) is 0 Å². The first-order chi connectivity index (χ1) is 12.7. The average Bonchev–Trinajstić information content (AvgIpc) is 2.62. The molecule has 0 radical (unpaired) electrons. The van der Waals surface area contributed by atoms with Crippen molar-refractivity contribution in [2.45, 2.75) is 6.42 Å². The second kappa shape index (κ2) is 8.04. The number of likely N-dealkylation sites (N-methyl/N-ethyl adjacent to an activating group) is 1. The number of nitrogens with zero attached hydrogens (tertiary/aromatic N) is 3. The van der Waals surface area contributed by atoms with Gasteiger partial charge in [0, 0.05) is 25.8 Å². The zero-order chi connectivity index (χ0) is 20.1. The van der Waals surface area contributed by atoms with Crippen LogP contribution >= 0.6 is 0 Å². The fourth-order valence-corrected chi connectivity index (χ4v) is 2.21. The third-order valence-electron chi connectivity index (χ3n) is 3.70. The lowest BCUT2D eigenvalue weighted by molar-refractivity contribution is -0.394. The molecule has 2 rings (SSSR count). The molecule has 0 saturated heterocycles. The third-order valence-corrected chi connectivity index (χ3v) is 3.70. The lowest BCUT2D eigenvalue weighted by Crippen LogP contribution is -2.23. The summed E-state index contributed by atoms with van der Waals surface area (Å²) in [5.74, 6) is -0.845. The van der Waals surface area contributed by atoms with Crippen LogP contribution in [-0.2, 0) is 11.2 Å². The number of hydrogen-bond acceptors (Lipinski definition) is 6. The van der Waals surface area contributed by atoms with Crippen LogP contribution in [0.3, 0.4) is 0 Å². The SMILES string of the molecule is CN(C)C(=O)Cc1ccc(NC(=O)c2ccc([N+](=O)[O-])cc2[N+](=O)[O-])cc1. The van der Waals surface area contributed by atoms with E-state index in [-0.39, 0.29) is 17.9 Å². The van der Waals surface area contributed by atoms with E-state index in [1.165, 1.54) is 4.90 Å². The highest BCUT2D eigenvalue weighted by Crippen LogP contribution is 2.25. The largest absolute Gasteiger partial charge is 0.349 e. The molecule has 0 aliphatic carbocycles. The Hall–Kier alpha value is -3.82. The summed E-state index contributed by atoms with van der Waals surface area (Å²) in [6.45, 7) is 0. The van der Waals surface area contributed by atoms with E-state index in [0.29, 0.717) is 5.69 Å². The van der Waals surface area contributed by atoms with Gasteiger partial charge in [-0.15, -0.1) is 0 Å². The third kappa shape index (κ3) is 4.84. The first-order valence-electron chi connectivity index (χ1n) is 7.72. The van der Waals surface area contributed by atoms with Gasteiger partial charge in [0.15, 0.2) is 0 Å². The van der Waals surface area contributed by atoms with Gasteiger partial charge < -0.3 is 10.2 Å². The van der Waals surface area contributed by atoms with E-state index in [9.17, 15) is 29.8 Å². The molecule has 140 valence electrons. The smallest absolute Gasteiger partial charge is 0.289 e. The molecule has 0 aliphatic heterocycles. The summed E-state index contributed by atoms with van der Waals surface area (Å²) in [6.07, 6.45) is 0.203. The van der Waals surface area contributed by atoms with Crippen molar-refractivity contribution in [1.29, 1.82) is 0 Å². The first-order valence-corrected chi connectivity index (χ1v) is 7.72. The van der Waals surface area contributed by atoms with Gasteiger partial charge in [0.25, 0.3) is 17.3 Å². The van der Waals surface area contributed by atoms with Crippen LogP contribution in [0.1, 0.15) is 15.9 Å². The fraction of sp³-hybridized carbons (Fsp3) is 0.176. The van der Waals surface area contributed by atoms with Crippen LogP contribution in [0, 0.1) is 20.2 Å². The number of benzene rings is 2. The monoisotopic (exact) mass is 372 g/mol. The molecule has 0 aliphatic rings. The van der Waals surface area contributed by atoms with E-state index < -0.39 is 27.1 Å². The minimum atomic E-state index is -0.849. The highest BCUT2D eigenvalue weighted by molar-refractivity contribution is 6.07. The number of nitro groups is 2. The Bertz CT molecular complexity index is 908. The lowest BCUT2D eigenvalue weighted by atomic mass is 10.1. The topological polar surface area (TPSA) is 136 Å². The van der Waals surface area contributed by atoms with Gasteiger partial charge in [-0.1, -0.05) is 12.1 Å². The molecule has 10 heteroatoms. The van der Waals surface area contributed by atoms with E-state index in [0.717, 1.165) is 23.8 Å². The number of nitrogens with one attached hydrogen (secondary N) is 1. The molecule has 0 spiro atoms. The molecule has 0 unspecified atom stereocenters. The van der Waals surface area contributed by atoms with Gasteiger partial charge in [0.05, 0.1) is 22.3 Å². The second-order valence-electron chi connectivity index (χ2n) is 5.83. The van der Waals surface area contributed by atoms with Crippen LogP contribution in [-0.4, -0.2) is 40.7 Å². The first kappa shape index (κ1) is 19.5. The Morgan fingerprint density at radius 1 is 1.00 bits per heavy atom. The predicted molar refractivity (Wildman–Crippen MR) is 96.5 cm³/mol. The quantitative estimate of drug-likeness (QED) is 0.611. The summed E-state index contributed by atoms with van der Waals surface area (Å²) in [5, 5.41) is 24.4. The van der Waals surface area contributed by atoms with Crippen LogP contribution in [0.4, 0.5) is 17.1 Å². The van der Waals surface area contributed by atoms with E-state index in [1.54, 1.807) is 38.4 Å². The zero-order valence-corrected chi connectivity index (χ0v) is 14.5. The number of nitro benzene ring substituents is 2. The number of hydrogen-bond donors (Lipinski definition) is 1. The minimum Gasteiger partial charge on any atom is -0.349 e. The molecule has 2 amide bonds. The summed E-state index contributed by atoms with van der Waals surface area (Å²) < 4.78 is 0. The number of non-ortho nitro benzene ring substituents is 1. The number of carbonyl (C=O) groups is 2. The van der Waals surface area contributed by atoms with Crippen LogP contribution in [0.25, 0.3) is 0 Å². The highest BCUT2D eigenvalue weighted by atomic mass is 16.6. The van der Waals surface area contributed by atoms with E-state index in [4.69, 9.17) is 0 Å². The standard InChI is InChI=1S/C17H16N4O6/c1-19(2)16(22)9-11-3-5-12(6-4-11)18-17(23)14-8-7-13(20(24)25)10-15(14)21(26)27/h3-8,10H,9H2,1-2H3,(H,18,23). The Balaban J connectivity index is 2.18. The van der Waals surface area contributed by atoms with Gasteiger partial charge in [-0.2, -0.15) is 0 Å². The van der Waals surface area contributed by atoms with Crippen molar-refractivity contribution in [3.05, 3.63) is 73.8 Å². The van der Waals surface area contributed by atoms with Gasteiger partial charge in [-0.3, -0.25) is 29.8 Å². The van der Waals surface area contributed by atoms with Crippen LogP contribution < -0.4 is 5.32 Å². The highest BCUT2D eigenvalue weighted by Gasteiger charge is 2.24. The normalized spacial score (nSPS) is 10.1. The Morgan fingerprint density at radius 3 is 2.15 bits per heavy atom. The summed E-state index contributed by atoms with van der Waals surface area (Å²) in [5.41, 5.74) is -0.317. The molecule has 2 aromatic rings. The van der Waals surface area contributed by atoms with Gasteiger partial charge in [0.1, 0.15) is 5.56 Å². The van der Waals surface area contributed by atoms with E-state index >= 15 is 0 Å². The maximum absolute atomic E-state index is 12.3. The molecule has 10 nitrogen and oxygen atoms in total. The minimum absolute atomic E-state index is 0.0757. The number of rotatable bonds is 6. The van der Waals surface area contributed by atoms with Crippen LogP contribution in [0.2, 0.25) is 0 Å². The molecular formula is C17H16N4O6. The maximum atomic E-state index is 12.3. The Kier molecular flexibility index (Phi) is 5.81. The molecule has 0 bridgehead atoms. The fourth-order valence-electron chi connectivity index (χ4n) is 2.21. The zero-order valence-electron chi connectivity index (χ0n) is 14.5. The summed E-state index contributed by atoms with van der Waals surface area (Å²) in [4.78, 5) is 45.7. The molecule has 1 N–H and O–H groups in total. The van der Waals surface area contributed by atoms with Gasteiger partial charge in [-0.25, -0.2) is 0 Å². The number of carbonyl (C=O) groups excluding carboxylic acids is 2. The Morgan fingerprint density at radius 2 is 1.63 bits per heavy atom. The van der Waals surface area contributed by atoms with Crippen molar-refractivity contribution < 1.29 is 19.4 Å². The maximum Gasteiger partial charge on any atom is 0.289 e. The Labute approximate surface area is 153 Å². The van der Waals surface area contributed by atoms with Crippen molar-refractivity contribution >= 4 is 28.9 Å². The summed E-state index contributed by atoms with van der Waals surface area (Å²) >= 11 is 0. The predicted octanol–water partition coefficient (Wildman–Crippen LogP) is 2.39. The number of amides is 2. The molecule has 27 heavy (non-hydrogen) atoms. The van der Waals surface area contributed by atoms with Crippen molar-refractivity contribution in [3.8, 4) is 0 Å². The lowest BCUT2D eigenvalue weighted by Gasteiger charge is -2.10. The molecule has 0 atom stereocenters. The van der Waals surface area contributed by atoms with Crippen molar-refractivity contribution in [1.82, 2.24) is 4.90 Å². The van der Waals surface area contributed by atoms with E-state index in [2.05, 4.69) is 5.32 Å². The second-order valence-corrected chi connectivity index (χ2v) is 5.83. The molecular weight excluding hydrogens is 356 g/mol. The van der Waals surface area contributed by atoms with Crippen LogP contribution in [0.5, 0.6) is 0 Å². The summed E-state index contributed by atoms with van der Waals surface area (Å²) in [7, 11) is 3.29. The summed E-state index contributed by atoms with van der Waals surface area (Å²) in [6, 6.07) is 9.24. The molecule has 0 aromatic heterocycles. The molecule has 0 fully saturated rings. The van der Waals surface area contributed by atoms with Crippen molar-refractivity contribution in [3.63, 3.8) is 0 Å². The molecule has 2 aromatic carbocycles. The molecule has 0 saturated carbocycles. The van der Waals surface area contributed by atoms with Crippen molar-refractivity contribution in [2.75, 3.05) is 19.4 Å².